The minimum absolute atomic E-state index is 0.0732. The third-order valence-corrected chi connectivity index (χ3v) is 2.96. The lowest BCUT2D eigenvalue weighted by Crippen LogP contribution is -2.29. The van der Waals surface area contributed by atoms with Gasteiger partial charge >= 0.3 is 5.97 Å². The van der Waals surface area contributed by atoms with E-state index in [1.807, 2.05) is 6.92 Å². The van der Waals surface area contributed by atoms with Crippen LogP contribution in [-0.4, -0.2) is 21.7 Å². The Labute approximate surface area is 99.2 Å². The molecule has 4 heteroatoms. The van der Waals surface area contributed by atoms with Gasteiger partial charge in [-0.1, -0.05) is 29.5 Å². The Balaban J connectivity index is 4.08. The summed E-state index contributed by atoms with van der Waals surface area (Å²) >= 11 is 2.25. The Kier molecular flexibility index (Phi) is 5.63. The Morgan fingerprint density at radius 2 is 2.00 bits per heavy atom. The van der Waals surface area contributed by atoms with Gasteiger partial charge in [0.15, 0.2) is 0 Å². The first-order valence-corrected chi connectivity index (χ1v) is 6.15. The molecule has 0 aromatic rings. The summed E-state index contributed by atoms with van der Waals surface area (Å²) in [5.74, 6) is -0.134. The van der Waals surface area contributed by atoms with Gasteiger partial charge in [0.25, 0.3) is 0 Å². The van der Waals surface area contributed by atoms with E-state index in [2.05, 4.69) is 22.6 Å². The Morgan fingerprint density at radius 3 is 2.36 bits per heavy atom. The van der Waals surface area contributed by atoms with Gasteiger partial charge in [0.1, 0.15) is 11.3 Å². The molecule has 0 aliphatic carbocycles. The van der Waals surface area contributed by atoms with Gasteiger partial charge in [0.2, 0.25) is 0 Å². The molecule has 1 N–H and O–H groups in total. The predicted octanol–water partition coefficient (Wildman–Crippen LogP) is 2.81. The van der Waals surface area contributed by atoms with Crippen LogP contribution in [0.15, 0.2) is 0 Å². The lowest BCUT2D eigenvalue weighted by molar-refractivity contribution is -0.146. The molecule has 0 aromatic heterocycles. The van der Waals surface area contributed by atoms with Crippen LogP contribution in [0.3, 0.4) is 0 Å². The normalized spacial score (nSPS) is 13.5. The summed E-state index contributed by atoms with van der Waals surface area (Å²) in [6, 6.07) is 0. The van der Waals surface area contributed by atoms with E-state index >= 15 is 0 Å². The molecule has 0 heterocycles. The monoisotopic (exact) mass is 311 g/mol. The molecule has 0 rings (SSSR count). The summed E-state index contributed by atoms with van der Waals surface area (Å²) in [6.45, 7) is 7.44. The fourth-order valence-electron chi connectivity index (χ4n) is 0.826. The number of halogens is 1. The first-order chi connectivity index (χ1) is 6.26. The van der Waals surface area contributed by atoms with Crippen molar-refractivity contribution in [2.45, 2.75) is 39.7 Å². The van der Waals surface area contributed by atoms with Crippen molar-refractivity contribution in [3.05, 3.63) is 0 Å². The summed E-state index contributed by atoms with van der Waals surface area (Å²) in [7, 11) is 0. The summed E-state index contributed by atoms with van der Waals surface area (Å²) < 4.78 is 6.03. The molecule has 0 bridgehead atoms. The summed E-state index contributed by atoms with van der Waals surface area (Å²) in [5, 5.41) is 7.53. The molecule has 0 aliphatic heterocycles. The number of carbonyl (C=O) groups is 1. The highest BCUT2D eigenvalue weighted by molar-refractivity contribution is 14.1. The molecule has 0 aromatic carbocycles. The van der Waals surface area contributed by atoms with Crippen molar-refractivity contribution < 1.29 is 9.53 Å². The number of hydrogen-bond acceptors (Lipinski definition) is 3. The third kappa shape index (κ3) is 6.34. The topological polar surface area (TPSA) is 50.2 Å². The van der Waals surface area contributed by atoms with E-state index in [0.29, 0.717) is 12.3 Å². The number of esters is 1. The molecular weight excluding hydrogens is 293 g/mol. The van der Waals surface area contributed by atoms with Crippen LogP contribution in [0, 0.1) is 11.3 Å². The predicted molar refractivity (Wildman–Crippen MR) is 66.2 cm³/mol. The van der Waals surface area contributed by atoms with Crippen molar-refractivity contribution in [1.82, 2.24) is 0 Å². The second-order valence-corrected chi connectivity index (χ2v) is 5.32. The Hall–Kier alpha value is -0.130. The van der Waals surface area contributed by atoms with Crippen LogP contribution in [0.5, 0.6) is 0 Å². The average Bonchev–Trinajstić information content (AvgIpc) is 2.00. The molecule has 1 atom stereocenters. The molecule has 0 amide bonds. The number of carbonyl (C=O) groups excluding carboxylic acids is 1. The minimum atomic E-state index is -0.503. The zero-order chi connectivity index (χ0) is 11.4. The molecule has 0 saturated heterocycles. The molecule has 0 saturated carbocycles. The SMILES string of the molecule is C[C@@H](CI)CC(=N)C(=O)OC(C)(C)C. The van der Waals surface area contributed by atoms with Crippen molar-refractivity contribution in [2.24, 2.45) is 5.92 Å². The van der Waals surface area contributed by atoms with Gasteiger partial charge in [-0.2, -0.15) is 0 Å². The maximum absolute atomic E-state index is 11.4. The van der Waals surface area contributed by atoms with Crippen LogP contribution < -0.4 is 0 Å². The first kappa shape index (κ1) is 13.9. The van der Waals surface area contributed by atoms with Crippen molar-refractivity contribution in [3.8, 4) is 0 Å². The highest BCUT2D eigenvalue weighted by Gasteiger charge is 2.20. The fourth-order valence-corrected chi connectivity index (χ4v) is 1.14. The number of alkyl halides is 1. The molecule has 0 radical (unpaired) electrons. The highest BCUT2D eigenvalue weighted by Crippen LogP contribution is 2.11. The van der Waals surface area contributed by atoms with Crippen LogP contribution in [0.25, 0.3) is 0 Å². The fraction of sp³-hybridized carbons (Fsp3) is 0.800. The van der Waals surface area contributed by atoms with Crippen molar-refractivity contribution in [3.63, 3.8) is 0 Å². The van der Waals surface area contributed by atoms with Crippen LogP contribution in [0.4, 0.5) is 0 Å². The van der Waals surface area contributed by atoms with Gasteiger partial charge in [-0.05, 0) is 33.1 Å². The summed E-state index contributed by atoms with van der Waals surface area (Å²) in [5.41, 5.74) is -0.430. The number of nitrogens with one attached hydrogen (secondary N) is 1. The van der Waals surface area contributed by atoms with E-state index in [4.69, 9.17) is 10.1 Å². The second kappa shape index (κ2) is 5.68. The van der Waals surface area contributed by atoms with Crippen LogP contribution >= 0.6 is 22.6 Å². The Bertz CT molecular complexity index is 221. The van der Waals surface area contributed by atoms with E-state index in [0.717, 1.165) is 4.43 Å². The van der Waals surface area contributed by atoms with E-state index < -0.39 is 11.6 Å². The smallest absolute Gasteiger partial charge is 0.352 e. The average molecular weight is 311 g/mol. The summed E-state index contributed by atoms with van der Waals surface area (Å²) in [4.78, 5) is 11.4. The highest BCUT2D eigenvalue weighted by atomic mass is 127. The van der Waals surface area contributed by atoms with Crippen LogP contribution in [0.2, 0.25) is 0 Å². The standard InChI is InChI=1S/C10H18INO2/c1-7(6-11)5-8(12)9(13)14-10(2,3)4/h7,12H,5-6H2,1-4H3/t7-/m1/s1. The van der Waals surface area contributed by atoms with Gasteiger partial charge in [-0.25, -0.2) is 4.79 Å². The summed E-state index contributed by atoms with van der Waals surface area (Å²) in [6.07, 6.45) is 0.498. The first-order valence-electron chi connectivity index (χ1n) is 4.63. The van der Waals surface area contributed by atoms with E-state index in [1.165, 1.54) is 0 Å². The lowest BCUT2D eigenvalue weighted by Gasteiger charge is -2.20. The third-order valence-electron chi connectivity index (χ3n) is 1.46. The molecular formula is C10H18INO2. The number of hydrogen-bond donors (Lipinski definition) is 1. The molecule has 0 unspecified atom stereocenters. The van der Waals surface area contributed by atoms with Gasteiger partial charge in [0.05, 0.1) is 0 Å². The lowest BCUT2D eigenvalue weighted by atomic mass is 10.1. The zero-order valence-corrected chi connectivity index (χ0v) is 11.3. The minimum Gasteiger partial charge on any atom is -0.456 e. The molecule has 0 spiro atoms. The molecule has 0 aliphatic rings. The molecule has 3 nitrogen and oxygen atoms in total. The molecule has 82 valence electrons. The van der Waals surface area contributed by atoms with Crippen molar-refractivity contribution in [2.75, 3.05) is 4.43 Å². The molecule has 14 heavy (non-hydrogen) atoms. The van der Waals surface area contributed by atoms with Crippen molar-refractivity contribution in [1.29, 1.82) is 5.41 Å². The van der Waals surface area contributed by atoms with Crippen LogP contribution in [0.1, 0.15) is 34.1 Å². The Morgan fingerprint density at radius 1 is 1.50 bits per heavy atom. The molecule has 0 fully saturated rings. The quantitative estimate of drug-likeness (QED) is 0.376. The van der Waals surface area contributed by atoms with Crippen LogP contribution in [-0.2, 0) is 9.53 Å². The van der Waals surface area contributed by atoms with Gasteiger partial charge in [0, 0.05) is 4.43 Å². The second-order valence-electron chi connectivity index (χ2n) is 4.44. The maximum Gasteiger partial charge on any atom is 0.352 e. The number of rotatable bonds is 4. The zero-order valence-electron chi connectivity index (χ0n) is 9.19. The largest absolute Gasteiger partial charge is 0.456 e. The van der Waals surface area contributed by atoms with E-state index in [1.54, 1.807) is 20.8 Å². The number of ether oxygens (including phenoxy) is 1. The van der Waals surface area contributed by atoms with Gasteiger partial charge in [-0.15, -0.1) is 0 Å². The van der Waals surface area contributed by atoms with E-state index in [9.17, 15) is 4.79 Å². The van der Waals surface area contributed by atoms with Crippen molar-refractivity contribution >= 4 is 34.3 Å². The maximum atomic E-state index is 11.4. The van der Waals surface area contributed by atoms with Gasteiger partial charge in [-0.3, -0.25) is 5.41 Å². The van der Waals surface area contributed by atoms with E-state index in [-0.39, 0.29) is 5.71 Å². The van der Waals surface area contributed by atoms with Gasteiger partial charge < -0.3 is 4.74 Å².